The number of rotatable bonds is 10. The fourth-order valence-electron chi connectivity index (χ4n) is 1.68. The molecule has 1 saturated carbocycles. The first-order chi connectivity index (χ1) is 9.51. The van der Waals surface area contributed by atoms with Gasteiger partial charge in [-0.25, -0.2) is 8.42 Å². The summed E-state index contributed by atoms with van der Waals surface area (Å²) >= 11 is 0. The Hall–Kier alpha value is -0.0900. The molecule has 1 aliphatic carbocycles. The molecule has 0 unspecified atom stereocenters. The Labute approximate surface area is 145 Å². The molecule has 0 aromatic rings. The summed E-state index contributed by atoms with van der Waals surface area (Å²) in [5.74, 6) is 1.72. The number of hydrogen-bond acceptors (Lipinski definition) is 4. The first-order valence-corrected chi connectivity index (χ1v) is 9.27. The van der Waals surface area contributed by atoms with Crippen molar-refractivity contribution in [3.8, 4) is 0 Å². The number of ether oxygens (including phenoxy) is 1. The van der Waals surface area contributed by atoms with Gasteiger partial charge in [0.25, 0.3) is 0 Å². The largest absolute Gasteiger partial charge is 0.381 e. The van der Waals surface area contributed by atoms with Crippen molar-refractivity contribution in [1.82, 2.24) is 10.6 Å². The third-order valence-corrected chi connectivity index (χ3v) is 4.05. The molecule has 0 spiro atoms. The van der Waals surface area contributed by atoms with E-state index in [0.717, 1.165) is 32.1 Å². The van der Waals surface area contributed by atoms with Crippen molar-refractivity contribution >= 4 is 39.8 Å². The van der Waals surface area contributed by atoms with Gasteiger partial charge in [-0.15, -0.1) is 24.0 Å². The molecule has 0 bridgehead atoms. The molecule has 0 radical (unpaired) electrons. The molecule has 8 heteroatoms. The Morgan fingerprint density at radius 2 is 1.86 bits per heavy atom. The average molecular weight is 433 g/mol. The van der Waals surface area contributed by atoms with Crippen LogP contribution in [0, 0.1) is 5.92 Å². The van der Waals surface area contributed by atoms with E-state index in [1.165, 1.54) is 19.1 Å². The highest BCUT2D eigenvalue weighted by atomic mass is 127. The maximum absolute atomic E-state index is 11.0. The zero-order valence-electron chi connectivity index (χ0n) is 12.9. The van der Waals surface area contributed by atoms with Gasteiger partial charge in [-0.05, 0) is 31.6 Å². The van der Waals surface area contributed by atoms with Crippen molar-refractivity contribution in [1.29, 1.82) is 0 Å². The van der Waals surface area contributed by atoms with Crippen LogP contribution in [0.4, 0.5) is 0 Å². The number of halogens is 1. The number of nitrogens with zero attached hydrogens (tertiary/aromatic N) is 1. The fraction of sp³-hybridized carbons (Fsp3) is 0.923. The maximum atomic E-state index is 11.0. The predicted octanol–water partition coefficient (Wildman–Crippen LogP) is 1.02. The molecule has 1 aliphatic rings. The zero-order valence-corrected chi connectivity index (χ0v) is 16.1. The number of guanidine groups is 1. The van der Waals surface area contributed by atoms with Crippen LogP contribution in [0.2, 0.25) is 0 Å². The first-order valence-electron chi connectivity index (χ1n) is 7.21. The van der Waals surface area contributed by atoms with Crippen molar-refractivity contribution < 1.29 is 13.2 Å². The minimum atomic E-state index is -2.87. The highest BCUT2D eigenvalue weighted by molar-refractivity contribution is 14.0. The molecule has 0 atom stereocenters. The van der Waals surface area contributed by atoms with Crippen LogP contribution < -0.4 is 10.6 Å². The maximum Gasteiger partial charge on any atom is 0.190 e. The van der Waals surface area contributed by atoms with E-state index in [4.69, 9.17) is 4.74 Å². The second kappa shape index (κ2) is 11.5. The van der Waals surface area contributed by atoms with Crippen LogP contribution in [-0.4, -0.2) is 59.7 Å². The van der Waals surface area contributed by atoms with Crippen molar-refractivity contribution in [3.05, 3.63) is 0 Å². The number of nitrogens with one attached hydrogen (secondary N) is 2. The molecule has 126 valence electrons. The van der Waals surface area contributed by atoms with E-state index in [1.807, 2.05) is 0 Å². The SMILES string of the molecule is CN=C(NCCCOCC1CC1)NCCCS(C)(=O)=O.I. The van der Waals surface area contributed by atoms with Crippen molar-refractivity contribution in [2.45, 2.75) is 25.7 Å². The van der Waals surface area contributed by atoms with E-state index < -0.39 is 9.84 Å². The number of aliphatic imine (C=N–C) groups is 1. The third kappa shape index (κ3) is 13.3. The van der Waals surface area contributed by atoms with Gasteiger partial charge in [0, 0.05) is 39.6 Å². The highest BCUT2D eigenvalue weighted by Gasteiger charge is 2.20. The van der Waals surface area contributed by atoms with Crippen molar-refractivity contribution in [2.75, 3.05) is 45.4 Å². The summed E-state index contributed by atoms with van der Waals surface area (Å²) in [6, 6.07) is 0. The molecule has 0 aliphatic heterocycles. The summed E-state index contributed by atoms with van der Waals surface area (Å²) < 4.78 is 27.5. The van der Waals surface area contributed by atoms with E-state index in [0.29, 0.717) is 18.9 Å². The van der Waals surface area contributed by atoms with Crippen LogP contribution in [0.5, 0.6) is 0 Å². The van der Waals surface area contributed by atoms with Crippen molar-refractivity contribution in [3.63, 3.8) is 0 Å². The van der Waals surface area contributed by atoms with Gasteiger partial charge in [-0.3, -0.25) is 4.99 Å². The van der Waals surface area contributed by atoms with Gasteiger partial charge in [0.15, 0.2) is 5.96 Å². The van der Waals surface area contributed by atoms with Crippen LogP contribution in [0.1, 0.15) is 25.7 Å². The first kappa shape index (κ1) is 20.9. The highest BCUT2D eigenvalue weighted by Crippen LogP contribution is 2.28. The number of hydrogen-bond donors (Lipinski definition) is 2. The molecule has 21 heavy (non-hydrogen) atoms. The molecule has 1 rings (SSSR count). The minimum Gasteiger partial charge on any atom is -0.381 e. The van der Waals surface area contributed by atoms with E-state index in [-0.39, 0.29) is 29.7 Å². The molecule has 0 saturated heterocycles. The topological polar surface area (TPSA) is 79.8 Å². The molecular weight excluding hydrogens is 405 g/mol. The summed E-state index contributed by atoms with van der Waals surface area (Å²) in [5, 5.41) is 6.28. The molecule has 0 heterocycles. The third-order valence-electron chi connectivity index (χ3n) is 3.02. The molecule has 6 nitrogen and oxygen atoms in total. The van der Waals surface area contributed by atoms with Gasteiger partial charge in [-0.1, -0.05) is 0 Å². The summed E-state index contributed by atoms with van der Waals surface area (Å²) in [6.45, 7) is 3.08. The van der Waals surface area contributed by atoms with E-state index in [1.54, 1.807) is 7.05 Å². The van der Waals surface area contributed by atoms with Crippen LogP contribution in [0.15, 0.2) is 4.99 Å². The molecule has 1 fully saturated rings. The summed E-state index contributed by atoms with van der Waals surface area (Å²) in [4.78, 5) is 4.08. The molecular formula is C13H28IN3O3S. The normalized spacial score (nSPS) is 15.4. The van der Waals surface area contributed by atoms with Gasteiger partial charge in [0.05, 0.1) is 5.75 Å². The molecule has 2 N–H and O–H groups in total. The Balaban J connectivity index is 0.00000400. The second-order valence-corrected chi connectivity index (χ2v) is 7.54. The second-order valence-electron chi connectivity index (χ2n) is 5.28. The Kier molecular flexibility index (Phi) is 11.4. The summed E-state index contributed by atoms with van der Waals surface area (Å²) in [6.07, 6.45) is 5.42. The van der Waals surface area contributed by atoms with E-state index in [9.17, 15) is 8.42 Å². The van der Waals surface area contributed by atoms with Crippen LogP contribution >= 0.6 is 24.0 Å². The van der Waals surface area contributed by atoms with Crippen LogP contribution in [0.3, 0.4) is 0 Å². The summed E-state index contributed by atoms with van der Waals surface area (Å²) in [7, 11) is -1.17. The zero-order chi connectivity index (χ0) is 14.8. The van der Waals surface area contributed by atoms with Gasteiger partial charge in [0.1, 0.15) is 9.84 Å². The Morgan fingerprint density at radius 3 is 2.38 bits per heavy atom. The van der Waals surface area contributed by atoms with E-state index in [2.05, 4.69) is 15.6 Å². The lowest BCUT2D eigenvalue weighted by molar-refractivity contribution is 0.123. The quantitative estimate of drug-likeness (QED) is 0.233. The van der Waals surface area contributed by atoms with E-state index >= 15 is 0 Å². The van der Waals surface area contributed by atoms with Gasteiger partial charge < -0.3 is 15.4 Å². The average Bonchev–Trinajstić information content (AvgIpc) is 3.18. The fourth-order valence-corrected chi connectivity index (χ4v) is 2.35. The molecule has 0 aromatic heterocycles. The lowest BCUT2D eigenvalue weighted by atomic mass is 10.4. The lowest BCUT2D eigenvalue weighted by Gasteiger charge is -2.11. The molecule has 0 aromatic carbocycles. The van der Waals surface area contributed by atoms with Crippen LogP contribution in [0.25, 0.3) is 0 Å². The Morgan fingerprint density at radius 1 is 1.24 bits per heavy atom. The lowest BCUT2D eigenvalue weighted by Crippen LogP contribution is -2.38. The van der Waals surface area contributed by atoms with Crippen molar-refractivity contribution in [2.24, 2.45) is 10.9 Å². The smallest absolute Gasteiger partial charge is 0.190 e. The van der Waals surface area contributed by atoms with Crippen LogP contribution in [-0.2, 0) is 14.6 Å². The summed E-state index contributed by atoms with van der Waals surface area (Å²) in [5.41, 5.74) is 0. The monoisotopic (exact) mass is 433 g/mol. The van der Waals surface area contributed by atoms with Gasteiger partial charge in [0.2, 0.25) is 0 Å². The van der Waals surface area contributed by atoms with Gasteiger partial charge >= 0.3 is 0 Å². The minimum absolute atomic E-state index is 0. The standard InChI is InChI=1S/C13H27N3O3S.HI/c1-14-13(16-8-4-10-20(2,17)18)15-7-3-9-19-11-12-5-6-12;/h12H,3-11H2,1-2H3,(H2,14,15,16);1H. The molecule has 0 amide bonds. The number of sulfone groups is 1. The van der Waals surface area contributed by atoms with Gasteiger partial charge in [-0.2, -0.15) is 0 Å². The Bertz CT molecular complexity index is 397. The predicted molar refractivity (Wildman–Crippen MR) is 97.3 cm³/mol.